The van der Waals surface area contributed by atoms with Crippen LogP contribution in [0.4, 0.5) is 0 Å². The summed E-state index contributed by atoms with van der Waals surface area (Å²) in [5.74, 6) is 0.473. The third kappa shape index (κ3) is 4.63. The van der Waals surface area contributed by atoms with E-state index in [1.54, 1.807) is 6.20 Å². The number of para-hydroxylation sites is 1. The Labute approximate surface area is 121 Å². The fraction of sp³-hybridized carbons (Fsp3) is 0.308. The maximum Gasteiger partial charge on any atom is 0.234 e. The molecule has 0 aliphatic carbocycles. The lowest BCUT2D eigenvalue weighted by atomic mass is 10.2. The van der Waals surface area contributed by atoms with Gasteiger partial charge in [0.1, 0.15) is 17.9 Å². The van der Waals surface area contributed by atoms with Gasteiger partial charge in [-0.15, -0.1) is 0 Å². The molecule has 1 aromatic carbocycles. The third-order valence-corrected chi connectivity index (χ3v) is 3.67. The molecule has 108 valence electrons. The van der Waals surface area contributed by atoms with Crippen molar-refractivity contribution in [1.82, 2.24) is 4.98 Å². The predicted molar refractivity (Wildman–Crippen MR) is 77.7 cm³/mol. The quantitative estimate of drug-likeness (QED) is 0.579. The van der Waals surface area contributed by atoms with Gasteiger partial charge in [0.25, 0.3) is 0 Å². The van der Waals surface area contributed by atoms with Gasteiger partial charge in [0, 0.05) is 22.3 Å². The zero-order valence-electron chi connectivity index (χ0n) is 10.7. The lowest BCUT2D eigenvalue weighted by Crippen LogP contribution is -2.12. The summed E-state index contributed by atoms with van der Waals surface area (Å²) in [6, 6.07) is 9.49. The summed E-state index contributed by atoms with van der Waals surface area (Å²) in [5.41, 5.74) is 0.790. The molecule has 5 nitrogen and oxygen atoms in total. The Morgan fingerprint density at radius 3 is 2.70 bits per heavy atom. The van der Waals surface area contributed by atoms with Crippen molar-refractivity contribution in [2.75, 3.05) is 25.6 Å². The minimum absolute atomic E-state index is 0.0585. The first-order valence-corrected chi connectivity index (χ1v) is 8.51. The molecule has 0 N–H and O–H groups in total. The first kappa shape index (κ1) is 15.0. The largest absolute Gasteiger partial charge is 0.489 e. The molecular formula is C13H14ClNO4S. The van der Waals surface area contributed by atoms with Gasteiger partial charge in [-0.3, -0.25) is 4.98 Å². The second-order valence-corrected chi connectivity index (χ2v) is 6.93. The second-order valence-electron chi connectivity index (χ2n) is 4.04. The van der Waals surface area contributed by atoms with Gasteiger partial charge in [0.15, 0.2) is 0 Å². The number of fused-ring (bicyclic) bond motifs is 1. The van der Waals surface area contributed by atoms with Crippen LogP contribution in [0.3, 0.4) is 0 Å². The molecule has 0 atom stereocenters. The number of benzene rings is 1. The standard InChI is InChI=1S/C13H14ClNO4S/c14-20(16,17)10-9-18-7-8-19-12-5-1-3-11-4-2-6-15-13(11)12/h1-6H,7-10H2. The van der Waals surface area contributed by atoms with E-state index >= 15 is 0 Å². The van der Waals surface area contributed by atoms with Gasteiger partial charge in [-0.1, -0.05) is 18.2 Å². The summed E-state index contributed by atoms with van der Waals surface area (Å²) >= 11 is 0. The van der Waals surface area contributed by atoms with Gasteiger partial charge in [-0.2, -0.15) is 0 Å². The highest BCUT2D eigenvalue weighted by Gasteiger charge is 2.05. The van der Waals surface area contributed by atoms with Gasteiger partial charge < -0.3 is 9.47 Å². The summed E-state index contributed by atoms with van der Waals surface area (Å²) in [5, 5.41) is 0.999. The fourth-order valence-electron chi connectivity index (χ4n) is 1.66. The van der Waals surface area contributed by atoms with Crippen LogP contribution in [0.2, 0.25) is 0 Å². The van der Waals surface area contributed by atoms with E-state index in [1.807, 2.05) is 30.3 Å². The summed E-state index contributed by atoms with van der Waals surface area (Å²) in [6.45, 7) is 0.663. The SMILES string of the molecule is O=S(=O)(Cl)CCOCCOc1cccc2cccnc12. The number of hydrogen-bond donors (Lipinski definition) is 0. The monoisotopic (exact) mass is 315 g/mol. The Balaban J connectivity index is 1.82. The molecule has 0 aliphatic heterocycles. The zero-order valence-corrected chi connectivity index (χ0v) is 12.2. The normalized spacial score (nSPS) is 11.7. The van der Waals surface area contributed by atoms with Crippen LogP contribution < -0.4 is 4.74 Å². The van der Waals surface area contributed by atoms with Crippen molar-refractivity contribution in [2.24, 2.45) is 0 Å². The van der Waals surface area contributed by atoms with Crippen molar-refractivity contribution >= 4 is 30.6 Å². The molecule has 0 radical (unpaired) electrons. The first-order valence-electron chi connectivity index (χ1n) is 6.03. The fourth-order valence-corrected chi connectivity index (χ4v) is 2.17. The van der Waals surface area contributed by atoms with E-state index in [-0.39, 0.29) is 19.0 Å². The van der Waals surface area contributed by atoms with E-state index in [1.165, 1.54) is 0 Å². The molecular weight excluding hydrogens is 302 g/mol. The highest BCUT2D eigenvalue weighted by atomic mass is 35.7. The minimum Gasteiger partial charge on any atom is -0.489 e. The first-order chi connectivity index (χ1) is 9.56. The number of pyridine rings is 1. The summed E-state index contributed by atoms with van der Waals surface area (Å²) < 4.78 is 32.1. The van der Waals surface area contributed by atoms with Crippen molar-refractivity contribution in [1.29, 1.82) is 0 Å². The van der Waals surface area contributed by atoms with Crippen LogP contribution in [0.1, 0.15) is 0 Å². The molecule has 1 heterocycles. The van der Waals surface area contributed by atoms with Crippen LogP contribution in [-0.4, -0.2) is 39.0 Å². The van der Waals surface area contributed by atoms with Crippen LogP contribution in [0.25, 0.3) is 10.9 Å². The minimum atomic E-state index is -3.50. The van der Waals surface area contributed by atoms with E-state index in [0.717, 1.165) is 10.9 Å². The Morgan fingerprint density at radius 2 is 1.90 bits per heavy atom. The van der Waals surface area contributed by atoms with Gasteiger partial charge in [0.05, 0.1) is 19.0 Å². The highest BCUT2D eigenvalue weighted by molar-refractivity contribution is 8.13. The molecule has 0 amide bonds. The van der Waals surface area contributed by atoms with Crippen molar-refractivity contribution < 1.29 is 17.9 Å². The zero-order chi connectivity index (χ0) is 14.4. The molecule has 0 fully saturated rings. The highest BCUT2D eigenvalue weighted by Crippen LogP contribution is 2.22. The molecule has 2 aromatic rings. The summed E-state index contributed by atoms with van der Waals surface area (Å²) in [4.78, 5) is 4.27. The average molecular weight is 316 g/mol. The second kappa shape index (κ2) is 6.88. The van der Waals surface area contributed by atoms with Crippen molar-refractivity contribution in [2.45, 2.75) is 0 Å². The molecule has 2 rings (SSSR count). The van der Waals surface area contributed by atoms with E-state index in [0.29, 0.717) is 12.4 Å². The number of aromatic nitrogens is 1. The van der Waals surface area contributed by atoms with E-state index in [9.17, 15) is 8.42 Å². The van der Waals surface area contributed by atoms with Crippen LogP contribution >= 0.6 is 10.7 Å². The van der Waals surface area contributed by atoms with Crippen molar-refractivity contribution in [3.63, 3.8) is 0 Å². The van der Waals surface area contributed by atoms with Gasteiger partial charge in [0.2, 0.25) is 9.05 Å². The van der Waals surface area contributed by atoms with Gasteiger partial charge in [-0.25, -0.2) is 8.42 Å². The number of nitrogens with zero attached hydrogens (tertiary/aromatic N) is 1. The van der Waals surface area contributed by atoms with Crippen molar-refractivity contribution in [3.8, 4) is 5.75 Å². The third-order valence-electron chi connectivity index (χ3n) is 2.55. The molecule has 0 saturated carbocycles. The average Bonchev–Trinajstić information content (AvgIpc) is 2.41. The Kier molecular flexibility index (Phi) is 5.17. The van der Waals surface area contributed by atoms with Crippen LogP contribution in [0.15, 0.2) is 36.5 Å². The Bertz CT molecular complexity index is 670. The number of hydrogen-bond acceptors (Lipinski definition) is 5. The summed E-state index contributed by atoms with van der Waals surface area (Å²) in [6.07, 6.45) is 1.71. The van der Waals surface area contributed by atoms with Crippen molar-refractivity contribution in [3.05, 3.63) is 36.5 Å². The van der Waals surface area contributed by atoms with E-state index in [4.69, 9.17) is 20.2 Å². The Morgan fingerprint density at radius 1 is 1.10 bits per heavy atom. The number of ether oxygens (including phenoxy) is 2. The lowest BCUT2D eigenvalue weighted by Gasteiger charge is -2.08. The molecule has 0 spiro atoms. The predicted octanol–water partition coefficient (Wildman–Crippen LogP) is 2.20. The molecule has 7 heteroatoms. The van der Waals surface area contributed by atoms with Crippen LogP contribution in [0.5, 0.6) is 5.75 Å². The maximum atomic E-state index is 10.7. The topological polar surface area (TPSA) is 65.5 Å². The lowest BCUT2D eigenvalue weighted by molar-refractivity contribution is 0.112. The van der Waals surface area contributed by atoms with E-state index < -0.39 is 9.05 Å². The number of rotatable bonds is 7. The molecule has 0 unspecified atom stereocenters. The molecule has 1 aromatic heterocycles. The van der Waals surface area contributed by atoms with E-state index in [2.05, 4.69) is 4.98 Å². The smallest absolute Gasteiger partial charge is 0.234 e. The molecule has 20 heavy (non-hydrogen) atoms. The number of halogens is 1. The van der Waals surface area contributed by atoms with Crippen LogP contribution in [0, 0.1) is 0 Å². The maximum absolute atomic E-state index is 10.7. The molecule has 0 aliphatic rings. The van der Waals surface area contributed by atoms with Crippen LogP contribution in [-0.2, 0) is 13.8 Å². The molecule has 0 bridgehead atoms. The van der Waals surface area contributed by atoms with Gasteiger partial charge in [-0.05, 0) is 12.1 Å². The summed E-state index contributed by atoms with van der Waals surface area (Å²) in [7, 11) is 1.56. The molecule has 0 saturated heterocycles. The van der Waals surface area contributed by atoms with Gasteiger partial charge >= 0.3 is 0 Å². The Hall–Kier alpha value is -1.37.